The van der Waals surface area contributed by atoms with Crippen molar-refractivity contribution in [3.05, 3.63) is 95.3 Å². The van der Waals surface area contributed by atoms with E-state index in [9.17, 15) is 0 Å². The molecule has 2 aliphatic heterocycles. The molecule has 1 fully saturated rings. The molecule has 1 N–H and O–H groups in total. The van der Waals surface area contributed by atoms with E-state index in [1.807, 2.05) is 18.3 Å². The number of allylic oxidation sites excluding steroid dienone is 1. The lowest BCUT2D eigenvalue weighted by Crippen LogP contribution is -2.42. The van der Waals surface area contributed by atoms with E-state index in [2.05, 4.69) is 111 Å². The number of hydrogen-bond acceptors (Lipinski definition) is 3. The standard InChI is InChI=1S/C30H34N4S/c1-19(2)21-10-13-23(14-11-21)34-28(27(32-29(34)35)25-9-7-8-16-31-25)22-12-15-26-24(17-22)20(3)18-30(4,5)33(26)6/h7-19,27-28H,1-6H3,(H,32,35). The summed E-state index contributed by atoms with van der Waals surface area (Å²) in [6.07, 6.45) is 4.21. The second-order valence-corrected chi connectivity index (χ2v) is 10.9. The van der Waals surface area contributed by atoms with E-state index in [0.29, 0.717) is 5.92 Å². The summed E-state index contributed by atoms with van der Waals surface area (Å²) < 4.78 is 0. The Morgan fingerprint density at radius 3 is 2.43 bits per heavy atom. The third-order valence-electron chi connectivity index (χ3n) is 7.52. The number of thiocarbonyl (C=S) groups is 1. The van der Waals surface area contributed by atoms with Crippen molar-refractivity contribution >= 4 is 34.3 Å². The van der Waals surface area contributed by atoms with Crippen LogP contribution in [0.4, 0.5) is 11.4 Å². The first-order valence-corrected chi connectivity index (χ1v) is 12.8. The fourth-order valence-electron chi connectivity index (χ4n) is 5.35. The van der Waals surface area contributed by atoms with Crippen molar-refractivity contribution in [2.45, 2.75) is 58.2 Å². The van der Waals surface area contributed by atoms with Crippen LogP contribution in [0.5, 0.6) is 0 Å². The van der Waals surface area contributed by atoms with Crippen LogP contribution in [0.2, 0.25) is 0 Å². The number of rotatable bonds is 4. The molecule has 0 bridgehead atoms. The second kappa shape index (κ2) is 8.80. The molecule has 5 heteroatoms. The highest BCUT2D eigenvalue weighted by Gasteiger charge is 2.41. The normalized spacial score (nSPS) is 21.1. The predicted octanol–water partition coefficient (Wildman–Crippen LogP) is 7.01. The molecule has 0 aliphatic carbocycles. The molecule has 35 heavy (non-hydrogen) atoms. The number of pyridine rings is 1. The van der Waals surface area contributed by atoms with Crippen molar-refractivity contribution in [1.82, 2.24) is 10.3 Å². The van der Waals surface area contributed by atoms with Gasteiger partial charge in [-0.25, -0.2) is 0 Å². The molecule has 3 heterocycles. The van der Waals surface area contributed by atoms with Crippen LogP contribution in [0.25, 0.3) is 5.57 Å². The van der Waals surface area contributed by atoms with Crippen LogP contribution in [0.1, 0.15) is 75.0 Å². The molecular weight excluding hydrogens is 448 g/mol. The van der Waals surface area contributed by atoms with Gasteiger partial charge in [0.05, 0.1) is 23.3 Å². The van der Waals surface area contributed by atoms with Crippen LogP contribution in [-0.4, -0.2) is 22.7 Å². The van der Waals surface area contributed by atoms with E-state index >= 15 is 0 Å². The summed E-state index contributed by atoms with van der Waals surface area (Å²) in [5, 5.41) is 4.32. The maximum Gasteiger partial charge on any atom is 0.174 e. The zero-order valence-corrected chi connectivity index (χ0v) is 22.2. The Kier molecular flexibility index (Phi) is 5.92. The highest BCUT2D eigenvalue weighted by molar-refractivity contribution is 7.80. The van der Waals surface area contributed by atoms with Crippen molar-refractivity contribution in [3.63, 3.8) is 0 Å². The summed E-state index contributed by atoms with van der Waals surface area (Å²) >= 11 is 5.92. The van der Waals surface area contributed by atoms with Gasteiger partial charge in [0.1, 0.15) is 0 Å². The number of nitrogens with one attached hydrogen (secondary N) is 1. The highest BCUT2D eigenvalue weighted by Crippen LogP contribution is 2.45. The molecule has 2 aliphatic rings. The molecular formula is C30H34N4S. The van der Waals surface area contributed by atoms with Crippen LogP contribution in [-0.2, 0) is 0 Å². The van der Waals surface area contributed by atoms with Crippen molar-refractivity contribution in [2.75, 3.05) is 16.8 Å². The number of benzene rings is 2. The molecule has 2 aromatic carbocycles. The quantitative estimate of drug-likeness (QED) is 0.404. The van der Waals surface area contributed by atoms with E-state index in [1.54, 1.807) is 0 Å². The first-order chi connectivity index (χ1) is 16.7. The summed E-state index contributed by atoms with van der Waals surface area (Å²) in [6.45, 7) is 11.2. The third kappa shape index (κ3) is 4.12. The molecule has 4 nitrogen and oxygen atoms in total. The maximum absolute atomic E-state index is 5.92. The fourth-order valence-corrected chi connectivity index (χ4v) is 5.70. The predicted molar refractivity (Wildman–Crippen MR) is 151 cm³/mol. The molecule has 2 atom stereocenters. The van der Waals surface area contributed by atoms with Gasteiger partial charge in [-0.15, -0.1) is 0 Å². The lowest BCUT2D eigenvalue weighted by Gasteiger charge is -2.41. The number of fused-ring (bicyclic) bond motifs is 1. The lowest BCUT2D eigenvalue weighted by atomic mass is 9.86. The highest BCUT2D eigenvalue weighted by atomic mass is 32.1. The zero-order chi connectivity index (χ0) is 24.9. The fraction of sp³-hybridized carbons (Fsp3) is 0.333. The molecule has 180 valence electrons. The number of likely N-dealkylation sites (N-methyl/N-ethyl adjacent to an activating group) is 1. The molecule has 2 unspecified atom stereocenters. The molecule has 3 aromatic rings. The minimum Gasteiger partial charge on any atom is -0.366 e. The minimum absolute atomic E-state index is 0.0133. The number of anilines is 2. The maximum atomic E-state index is 5.92. The van der Waals surface area contributed by atoms with E-state index < -0.39 is 0 Å². The summed E-state index contributed by atoms with van der Waals surface area (Å²) in [7, 11) is 2.17. The molecule has 1 aromatic heterocycles. The van der Waals surface area contributed by atoms with Gasteiger partial charge in [0.2, 0.25) is 0 Å². The third-order valence-corrected chi connectivity index (χ3v) is 7.83. The van der Waals surface area contributed by atoms with Gasteiger partial charge < -0.3 is 15.1 Å². The van der Waals surface area contributed by atoms with Gasteiger partial charge in [-0.1, -0.05) is 44.2 Å². The van der Waals surface area contributed by atoms with Gasteiger partial charge in [-0.05, 0) is 92.0 Å². The van der Waals surface area contributed by atoms with Crippen molar-refractivity contribution in [3.8, 4) is 0 Å². The summed E-state index contributed by atoms with van der Waals surface area (Å²) in [4.78, 5) is 9.32. The second-order valence-electron chi connectivity index (χ2n) is 10.6. The van der Waals surface area contributed by atoms with Crippen molar-refractivity contribution < 1.29 is 0 Å². The molecule has 1 saturated heterocycles. The summed E-state index contributed by atoms with van der Waals surface area (Å²) in [5.74, 6) is 0.487. The molecule has 0 radical (unpaired) electrons. The van der Waals surface area contributed by atoms with Crippen LogP contribution < -0.4 is 15.1 Å². The van der Waals surface area contributed by atoms with E-state index in [4.69, 9.17) is 17.2 Å². The Morgan fingerprint density at radius 1 is 1.03 bits per heavy atom. The molecule has 0 spiro atoms. The van der Waals surface area contributed by atoms with Gasteiger partial charge in [-0.3, -0.25) is 4.98 Å². The Bertz CT molecular complexity index is 1280. The first-order valence-electron chi connectivity index (χ1n) is 12.4. The topological polar surface area (TPSA) is 31.4 Å². The van der Waals surface area contributed by atoms with Gasteiger partial charge in [0, 0.05) is 30.2 Å². The van der Waals surface area contributed by atoms with E-state index in [1.165, 1.54) is 28.0 Å². The Balaban J connectivity index is 1.63. The Morgan fingerprint density at radius 2 is 1.77 bits per heavy atom. The van der Waals surface area contributed by atoms with Crippen LogP contribution in [0.15, 0.2) is 72.9 Å². The average molecular weight is 483 g/mol. The monoisotopic (exact) mass is 482 g/mol. The SMILES string of the molecule is CC1=CC(C)(C)N(C)c2ccc(C3C(c4ccccn4)NC(=S)N3c3ccc(C(C)C)cc3)cc21. The zero-order valence-electron chi connectivity index (χ0n) is 21.4. The van der Waals surface area contributed by atoms with Gasteiger partial charge in [0.25, 0.3) is 0 Å². The number of hydrogen-bond donors (Lipinski definition) is 1. The number of aromatic nitrogens is 1. The largest absolute Gasteiger partial charge is 0.366 e. The van der Waals surface area contributed by atoms with Crippen LogP contribution in [0, 0.1) is 0 Å². The average Bonchev–Trinajstić information content (AvgIpc) is 3.19. The van der Waals surface area contributed by atoms with Gasteiger partial charge in [-0.2, -0.15) is 0 Å². The molecule has 5 rings (SSSR count). The van der Waals surface area contributed by atoms with E-state index in [0.717, 1.165) is 16.5 Å². The van der Waals surface area contributed by atoms with Crippen molar-refractivity contribution in [2.24, 2.45) is 0 Å². The first kappa shape index (κ1) is 23.6. The minimum atomic E-state index is -0.0476. The Labute approximate surface area is 214 Å². The molecule has 0 amide bonds. The van der Waals surface area contributed by atoms with Crippen LogP contribution >= 0.6 is 12.2 Å². The van der Waals surface area contributed by atoms with Gasteiger partial charge >= 0.3 is 0 Å². The smallest absolute Gasteiger partial charge is 0.174 e. The van der Waals surface area contributed by atoms with E-state index in [-0.39, 0.29) is 17.6 Å². The molecule has 0 saturated carbocycles. The van der Waals surface area contributed by atoms with Crippen LogP contribution in [0.3, 0.4) is 0 Å². The van der Waals surface area contributed by atoms with Gasteiger partial charge in [0.15, 0.2) is 5.11 Å². The number of nitrogens with zero attached hydrogens (tertiary/aromatic N) is 3. The summed E-state index contributed by atoms with van der Waals surface area (Å²) in [5.41, 5.74) is 8.45. The van der Waals surface area contributed by atoms with Crippen molar-refractivity contribution in [1.29, 1.82) is 0 Å². The summed E-state index contributed by atoms with van der Waals surface area (Å²) in [6, 6.07) is 21.7. The lowest BCUT2D eigenvalue weighted by molar-refractivity contribution is 0.566. The Hall–Kier alpha value is -3.18.